The molecule has 0 saturated carbocycles. The van der Waals surface area contributed by atoms with Crippen LogP contribution in [0.15, 0.2) is 18.2 Å². The molecule has 0 saturated heterocycles. The largest absolute Gasteiger partial charge is 0.399 e. The minimum absolute atomic E-state index is 0.764. The van der Waals surface area contributed by atoms with E-state index in [9.17, 15) is 0 Å². The van der Waals surface area contributed by atoms with Crippen LogP contribution in [0.2, 0.25) is 0 Å². The number of aryl methyl sites for hydroxylation is 2. The number of benzene rings is 1. The topological polar surface area (TPSA) is 43.8 Å². The first-order valence-corrected chi connectivity index (χ1v) is 6.86. The fourth-order valence-corrected chi connectivity index (χ4v) is 2.37. The van der Waals surface area contributed by atoms with Crippen molar-refractivity contribution in [1.82, 2.24) is 9.55 Å². The maximum atomic E-state index is 5.82. The van der Waals surface area contributed by atoms with Gasteiger partial charge in [0.2, 0.25) is 0 Å². The predicted molar refractivity (Wildman–Crippen MR) is 77.6 cm³/mol. The second-order valence-corrected chi connectivity index (χ2v) is 5.32. The Balaban J connectivity index is 2.29. The normalized spacial score (nSPS) is 11.6. The van der Waals surface area contributed by atoms with Crippen molar-refractivity contribution < 1.29 is 0 Å². The van der Waals surface area contributed by atoms with Gasteiger partial charge in [0, 0.05) is 18.7 Å². The molecular formula is C15H23N3. The average Bonchev–Trinajstić information content (AvgIpc) is 2.66. The maximum absolute atomic E-state index is 5.82. The van der Waals surface area contributed by atoms with Gasteiger partial charge in [0.25, 0.3) is 0 Å². The molecule has 1 aromatic carbocycles. The Kier molecular flexibility index (Phi) is 3.90. The highest BCUT2D eigenvalue weighted by Gasteiger charge is 2.09. The number of hydrogen-bond acceptors (Lipinski definition) is 2. The molecule has 98 valence electrons. The van der Waals surface area contributed by atoms with E-state index in [1.807, 2.05) is 12.1 Å². The van der Waals surface area contributed by atoms with E-state index in [0.717, 1.165) is 30.1 Å². The first kappa shape index (κ1) is 12.9. The molecule has 0 radical (unpaired) electrons. The van der Waals surface area contributed by atoms with Gasteiger partial charge in [0.05, 0.1) is 11.0 Å². The molecule has 18 heavy (non-hydrogen) atoms. The van der Waals surface area contributed by atoms with Gasteiger partial charge < -0.3 is 10.3 Å². The van der Waals surface area contributed by atoms with E-state index in [0.29, 0.717) is 0 Å². The van der Waals surface area contributed by atoms with Gasteiger partial charge in [-0.15, -0.1) is 0 Å². The van der Waals surface area contributed by atoms with Crippen LogP contribution in [0.4, 0.5) is 5.69 Å². The summed E-state index contributed by atoms with van der Waals surface area (Å²) in [6.45, 7) is 7.76. The maximum Gasteiger partial charge on any atom is 0.109 e. The van der Waals surface area contributed by atoms with Crippen LogP contribution in [0, 0.1) is 5.92 Å². The van der Waals surface area contributed by atoms with Gasteiger partial charge in [0.1, 0.15) is 5.82 Å². The van der Waals surface area contributed by atoms with Gasteiger partial charge in [-0.05, 0) is 37.0 Å². The van der Waals surface area contributed by atoms with Gasteiger partial charge in [-0.2, -0.15) is 0 Å². The Bertz CT molecular complexity index is 526. The number of nitrogens with two attached hydrogens (primary N) is 1. The van der Waals surface area contributed by atoms with Gasteiger partial charge >= 0.3 is 0 Å². The summed E-state index contributed by atoms with van der Waals surface area (Å²) in [5.74, 6) is 1.93. The van der Waals surface area contributed by atoms with Crippen LogP contribution in [0.3, 0.4) is 0 Å². The van der Waals surface area contributed by atoms with Crippen LogP contribution < -0.4 is 5.73 Å². The predicted octanol–water partition coefficient (Wildman–Crippen LogP) is 3.62. The van der Waals surface area contributed by atoms with Gasteiger partial charge in [-0.25, -0.2) is 4.98 Å². The molecular weight excluding hydrogens is 222 g/mol. The van der Waals surface area contributed by atoms with E-state index in [1.165, 1.54) is 24.2 Å². The van der Waals surface area contributed by atoms with Crippen LogP contribution in [0.1, 0.15) is 39.4 Å². The van der Waals surface area contributed by atoms with Crippen molar-refractivity contribution in [2.24, 2.45) is 5.92 Å². The first-order valence-electron chi connectivity index (χ1n) is 6.86. The van der Waals surface area contributed by atoms with Gasteiger partial charge in [0.15, 0.2) is 0 Å². The fraction of sp³-hybridized carbons (Fsp3) is 0.533. The van der Waals surface area contributed by atoms with Crippen molar-refractivity contribution in [2.45, 2.75) is 46.6 Å². The molecule has 0 aliphatic carbocycles. The zero-order valence-electron chi connectivity index (χ0n) is 11.6. The van der Waals surface area contributed by atoms with Crippen LogP contribution in [0.5, 0.6) is 0 Å². The van der Waals surface area contributed by atoms with Gasteiger partial charge in [-0.3, -0.25) is 0 Å². The molecule has 0 atom stereocenters. The Labute approximate surface area is 109 Å². The lowest BCUT2D eigenvalue weighted by molar-refractivity contribution is 0.510. The molecule has 2 aromatic rings. The van der Waals surface area contributed by atoms with Crippen LogP contribution in [0.25, 0.3) is 11.0 Å². The summed E-state index contributed by atoms with van der Waals surface area (Å²) in [6.07, 6.45) is 3.44. The molecule has 3 heteroatoms. The SMILES string of the molecule is CCc1nc2cc(N)ccc2n1CCCC(C)C. The third kappa shape index (κ3) is 2.66. The minimum Gasteiger partial charge on any atom is -0.399 e. The number of anilines is 1. The quantitative estimate of drug-likeness (QED) is 0.818. The molecule has 2 N–H and O–H groups in total. The molecule has 1 heterocycles. The molecule has 0 aliphatic rings. The Morgan fingerprint density at radius 2 is 2.11 bits per heavy atom. The number of nitrogens with zero attached hydrogens (tertiary/aromatic N) is 2. The number of fused-ring (bicyclic) bond motifs is 1. The average molecular weight is 245 g/mol. The summed E-state index contributed by atoms with van der Waals surface area (Å²) >= 11 is 0. The van der Waals surface area contributed by atoms with Gasteiger partial charge in [-0.1, -0.05) is 20.8 Å². The summed E-state index contributed by atoms with van der Waals surface area (Å²) in [5.41, 5.74) is 8.84. The molecule has 2 rings (SSSR count). The summed E-state index contributed by atoms with van der Waals surface area (Å²) in [5, 5.41) is 0. The highest BCUT2D eigenvalue weighted by atomic mass is 15.1. The van der Waals surface area contributed by atoms with Crippen LogP contribution >= 0.6 is 0 Å². The lowest BCUT2D eigenvalue weighted by Gasteiger charge is -2.09. The highest BCUT2D eigenvalue weighted by Crippen LogP contribution is 2.20. The highest BCUT2D eigenvalue weighted by molar-refractivity contribution is 5.79. The number of aromatic nitrogens is 2. The molecule has 1 aromatic heterocycles. The molecule has 0 fully saturated rings. The first-order chi connectivity index (χ1) is 8.61. The third-order valence-electron chi connectivity index (χ3n) is 3.33. The van der Waals surface area contributed by atoms with Crippen molar-refractivity contribution in [2.75, 3.05) is 5.73 Å². The summed E-state index contributed by atoms with van der Waals surface area (Å²) in [6, 6.07) is 6.02. The lowest BCUT2D eigenvalue weighted by atomic mass is 10.1. The molecule has 0 aliphatic heterocycles. The monoisotopic (exact) mass is 245 g/mol. The summed E-state index contributed by atoms with van der Waals surface area (Å²) < 4.78 is 2.34. The second-order valence-electron chi connectivity index (χ2n) is 5.32. The van der Waals surface area contributed by atoms with E-state index in [-0.39, 0.29) is 0 Å². The Morgan fingerprint density at radius 3 is 2.78 bits per heavy atom. The van der Waals surface area contributed by atoms with E-state index in [4.69, 9.17) is 5.73 Å². The van der Waals surface area contributed by atoms with E-state index >= 15 is 0 Å². The fourth-order valence-electron chi connectivity index (χ4n) is 2.37. The van der Waals surface area contributed by atoms with Crippen LogP contribution in [-0.4, -0.2) is 9.55 Å². The van der Waals surface area contributed by atoms with E-state index < -0.39 is 0 Å². The molecule has 0 bridgehead atoms. The van der Waals surface area contributed by atoms with E-state index in [2.05, 4.69) is 36.4 Å². The van der Waals surface area contributed by atoms with Crippen molar-refractivity contribution in [1.29, 1.82) is 0 Å². The lowest BCUT2D eigenvalue weighted by Crippen LogP contribution is -2.04. The third-order valence-corrected chi connectivity index (χ3v) is 3.33. The van der Waals surface area contributed by atoms with Crippen molar-refractivity contribution in [3.63, 3.8) is 0 Å². The zero-order valence-corrected chi connectivity index (χ0v) is 11.6. The summed E-state index contributed by atoms with van der Waals surface area (Å²) in [4.78, 5) is 4.67. The van der Waals surface area contributed by atoms with Crippen molar-refractivity contribution >= 4 is 16.7 Å². The Morgan fingerprint density at radius 1 is 1.33 bits per heavy atom. The number of nitrogen functional groups attached to an aromatic ring is 1. The molecule has 3 nitrogen and oxygen atoms in total. The van der Waals surface area contributed by atoms with Crippen molar-refractivity contribution in [3.05, 3.63) is 24.0 Å². The second kappa shape index (κ2) is 5.42. The standard InChI is InChI=1S/C15H23N3/c1-4-15-17-13-10-12(16)7-8-14(13)18(15)9-5-6-11(2)3/h7-8,10-11H,4-6,9,16H2,1-3H3. The molecule has 0 unspecified atom stereocenters. The minimum atomic E-state index is 0.764. The smallest absolute Gasteiger partial charge is 0.109 e. The molecule has 0 amide bonds. The van der Waals surface area contributed by atoms with Crippen LogP contribution in [-0.2, 0) is 13.0 Å². The number of rotatable bonds is 5. The molecule has 0 spiro atoms. The van der Waals surface area contributed by atoms with Crippen molar-refractivity contribution in [3.8, 4) is 0 Å². The van der Waals surface area contributed by atoms with E-state index in [1.54, 1.807) is 0 Å². The summed E-state index contributed by atoms with van der Waals surface area (Å²) in [7, 11) is 0. The zero-order chi connectivity index (χ0) is 13.1. The number of hydrogen-bond donors (Lipinski definition) is 1. The Hall–Kier alpha value is -1.51. The number of imidazole rings is 1.